The van der Waals surface area contributed by atoms with Crippen molar-refractivity contribution < 1.29 is 32.2 Å². The highest BCUT2D eigenvalue weighted by atomic mass is 19.2. The van der Waals surface area contributed by atoms with Crippen LogP contribution >= 0.6 is 0 Å². The van der Waals surface area contributed by atoms with Gasteiger partial charge in [-0.05, 0) is 73.5 Å². The van der Waals surface area contributed by atoms with Gasteiger partial charge in [0.15, 0.2) is 11.6 Å². The zero-order valence-electron chi connectivity index (χ0n) is 19.7. The van der Waals surface area contributed by atoms with Crippen molar-refractivity contribution in [2.24, 2.45) is 0 Å². The number of hydrogen-bond donors (Lipinski definition) is 0. The molecule has 0 saturated heterocycles. The Hall–Kier alpha value is -4.26. The molecular formula is C29H23F3O4. The van der Waals surface area contributed by atoms with E-state index in [-0.39, 0.29) is 11.1 Å². The first kappa shape index (κ1) is 24.9. The third-order valence-corrected chi connectivity index (χ3v) is 5.41. The molecule has 0 heterocycles. The van der Waals surface area contributed by atoms with Crippen LogP contribution in [0, 0.1) is 17.5 Å². The third kappa shape index (κ3) is 5.35. The summed E-state index contributed by atoms with van der Waals surface area (Å²) in [4.78, 5) is 12.5. The number of rotatable bonds is 8. The van der Waals surface area contributed by atoms with Crippen molar-refractivity contribution in [2.75, 3.05) is 13.2 Å². The predicted molar refractivity (Wildman–Crippen MR) is 131 cm³/mol. The van der Waals surface area contributed by atoms with Crippen LogP contribution in [0.15, 0.2) is 78.9 Å². The minimum absolute atomic E-state index is 0.0251. The van der Waals surface area contributed by atoms with Crippen LogP contribution in [0.1, 0.15) is 24.2 Å². The van der Waals surface area contributed by atoms with Crippen LogP contribution in [-0.4, -0.2) is 19.2 Å². The number of ether oxygens (including phenoxy) is 3. The second kappa shape index (κ2) is 11.0. The summed E-state index contributed by atoms with van der Waals surface area (Å²) in [6, 6.07) is 19.5. The van der Waals surface area contributed by atoms with E-state index in [9.17, 15) is 18.0 Å². The molecule has 0 spiro atoms. The molecule has 0 N–H and O–H groups in total. The van der Waals surface area contributed by atoms with Crippen LogP contribution in [0.25, 0.3) is 22.3 Å². The Kier molecular flexibility index (Phi) is 7.59. The Balaban J connectivity index is 1.50. The minimum atomic E-state index is -1.28. The number of carbonyl (C=O) groups is 1. The number of benzene rings is 4. The summed E-state index contributed by atoms with van der Waals surface area (Å²) in [6.07, 6.45) is 0. The van der Waals surface area contributed by atoms with Crippen molar-refractivity contribution in [1.82, 2.24) is 0 Å². The highest BCUT2D eigenvalue weighted by molar-refractivity contribution is 5.91. The van der Waals surface area contributed by atoms with Crippen molar-refractivity contribution in [1.29, 1.82) is 0 Å². The van der Waals surface area contributed by atoms with Gasteiger partial charge in [-0.15, -0.1) is 0 Å². The highest BCUT2D eigenvalue weighted by Crippen LogP contribution is 2.32. The summed E-state index contributed by atoms with van der Waals surface area (Å²) in [6.45, 7) is 4.56. The molecule has 0 atom stereocenters. The van der Waals surface area contributed by atoms with Gasteiger partial charge in [-0.2, -0.15) is 4.39 Å². The Morgan fingerprint density at radius 2 is 1.22 bits per heavy atom. The summed E-state index contributed by atoms with van der Waals surface area (Å²) in [7, 11) is 0. The van der Waals surface area contributed by atoms with Gasteiger partial charge in [0.1, 0.15) is 17.3 Å². The van der Waals surface area contributed by atoms with Gasteiger partial charge >= 0.3 is 5.97 Å². The van der Waals surface area contributed by atoms with Gasteiger partial charge in [-0.25, -0.2) is 13.6 Å². The van der Waals surface area contributed by atoms with E-state index in [0.717, 1.165) is 0 Å². The summed E-state index contributed by atoms with van der Waals surface area (Å²) < 4.78 is 59.7. The van der Waals surface area contributed by atoms with E-state index in [0.29, 0.717) is 41.4 Å². The molecule has 0 fully saturated rings. The smallest absolute Gasteiger partial charge is 0.343 e. The average Bonchev–Trinajstić information content (AvgIpc) is 2.88. The first-order valence-corrected chi connectivity index (χ1v) is 11.4. The highest BCUT2D eigenvalue weighted by Gasteiger charge is 2.19. The molecule has 4 aromatic rings. The van der Waals surface area contributed by atoms with Gasteiger partial charge in [-0.1, -0.05) is 24.3 Å². The summed E-state index contributed by atoms with van der Waals surface area (Å²) in [5.41, 5.74) is 1.43. The van der Waals surface area contributed by atoms with Crippen LogP contribution in [0.3, 0.4) is 0 Å². The van der Waals surface area contributed by atoms with E-state index in [1.807, 2.05) is 6.92 Å². The third-order valence-electron chi connectivity index (χ3n) is 5.41. The molecule has 0 aliphatic rings. The molecule has 0 saturated carbocycles. The maximum Gasteiger partial charge on any atom is 0.343 e. The second-order valence-corrected chi connectivity index (χ2v) is 7.74. The zero-order chi connectivity index (χ0) is 25.7. The molecule has 0 unspecified atom stereocenters. The van der Waals surface area contributed by atoms with E-state index >= 15 is 0 Å². The fraction of sp³-hybridized carbons (Fsp3) is 0.138. The summed E-state index contributed by atoms with van der Waals surface area (Å²) >= 11 is 0. The first-order chi connectivity index (χ1) is 17.4. The minimum Gasteiger partial charge on any atom is -0.494 e. The summed E-state index contributed by atoms with van der Waals surface area (Å²) in [5.74, 6) is -3.25. The van der Waals surface area contributed by atoms with Gasteiger partial charge in [0, 0.05) is 17.2 Å². The molecule has 0 aliphatic heterocycles. The molecule has 4 rings (SSSR count). The molecule has 0 bridgehead atoms. The summed E-state index contributed by atoms with van der Waals surface area (Å²) in [5, 5.41) is 0. The molecule has 0 amide bonds. The number of hydrogen-bond acceptors (Lipinski definition) is 4. The van der Waals surface area contributed by atoms with Crippen molar-refractivity contribution in [3.05, 3.63) is 102 Å². The lowest BCUT2D eigenvalue weighted by Gasteiger charge is -2.11. The Morgan fingerprint density at radius 1 is 0.667 bits per heavy atom. The van der Waals surface area contributed by atoms with E-state index in [4.69, 9.17) is 14.2 Å². The quantitative estimate of drug-likeness (QED) is 0.189. The van der Waals surface area contributed by atoms with Gasteiger partial charge in [-0.3, -0.25) is 0 Å². The maximum atomic E-state index is 14.8. The second-order valence-electron chi connectivity index (χ2n) is 7.74. The standard InChI is InChI=1S/C29H23F3O4/c1-3-34-21-11-9-19(10-12-21)24-15-16-26(28(32)27(24)31)36-29(33)20-7-5-18(6-8-20)23-14-13-22(35-4-2)17-25(23)30/h5-17H,3-4H2,1-2H3. The average molecular weight is 492 g/mol. The number of carbonyl (C=O) groups excluding carboxylic acids is 1. The molecule has 4 nitrogen and oxygen atoms in total. The van der Waals surface area contributed by atoms with Crippen LogP contribution in [0.4, 0.5) is 13.2 Å². The van der Waals surface area contributed by atoms with E-state index in [1.54, 1.807) is 55.5 Å². The fourth-order valence-electron chi connectivity index (χ4n) is 3.66. The lowest BCUT2D eigenvalue weighted by Crippen LogP contribution is -2.10. The monoisotopic (exact) mass is 492 g/mol. The number of halogens is 3. The maximum absolute atomic E-state index is 14.8. The Morgan fingerprint density at radius 3 is 1.86 bits per heavy atom. The Labute approximate surface area is 206 Å². The largest absolute Gasteiger partial charge is 0.494 e. The first-order valence-electron chi connectivity index (χ1n) is 11.4. The van der Waals surface area contributed by atoms with Crippen LogP contribution < -0.4 is 14.2 Å². The molecule has 184 valence electrons. The van der Waals surface area contributed by atoms with Gasteiger partial charge in [0.25, 0.3) is 0 Å². The van der Waals surface area contributed by atoms with E-state index in [1.165, 1.54) is 30.3 Å². The van der Waals surface area contributed by atoms with Crippen molar-refractivity contribution >= 4 is 5.97 Å². The normalized spacial score (nSPS) is 10.7. The van der Waals surface area contributed by atoms with Crippen LogP contribution in [0.2, 0.25) is 0 Å². The molecule has 7 heteroatoms. The molecule has 0 radical (unpaired) electrons. The van der Waals surface area contributed by atoms with Crippen LogP contribution in [-0.2, 0) is 0 Å². The van der Waals surface area contributed by atoms with Crippen LogP contribution in [0.5, 0.6) is 17.2 Å². The molecular weight excluding hydrogens is 469 g/mol. The van der Waals surface area contributed by atoms with Crippen molar-refractivity contribution in [3.8, 4) is 39.5 Å². The predicted octanol–water partition coefficient (Wildman–Crippen LogP) is 7.45. The lowest BCUT2D eigenvalue weighted by atomic mass is 10.0. The van der Waals surface area contributed by atoms with Gasteiger partial charge in [0.2, 0.25) is 5.82 Å². The Bertz CT molecular complexity index is 1370. The topological polar surface area (TPSA) is 44.8 Å². The SMILES string of the molecule is CCOc1ccc(-c2ccc(OC(=O)c3ccc(-c4ccc(OCC)cc4F)cc3)c(F)c2F)cc1. The molecule has 4 aromatic carbocycles. The van der Waals surface area contributed by atoms with Gasteiger partial charge in [0.05, 0.1) is 18.8 Å². The lowest BCUT2D eigenvalue weighted by molar-refractivity contribution is 0.0726. The molecule has 36 heavy (non-hydrogen) atoms. The molecule has 0 aromatic heterocycles. The number of esters is 1. The fourth-order valence-corrected chi connectivity index (χ4v) is 3.66. The van der Waals surface area contributed by atoms with Crippen molar-refractivity contribution in [3.63, 3.8) is 0 Å². The van der Waals surface area contributed by atoms with E-state index in [2.05, 4.69) is 0 Å². The van der Waals surface area contributed by atoms with Crippen molar-refractivity contribution in [2.45, 2.75) is 13.8 Å². The van der Waals surface area contributed by atoms with Gasteiger partial charge < -0.3 is 14.2 Å². The molecule has 0 aliphatic carbocycles. The van der Waals surface area contributed by atoms with E-state index < -0.39 is 29.2 Å². The zero-order valence-corrected chi connectivity index (χ0v) is 19.7.